The van der Waals surface area contributed by atoms with Crippen LogP contribution in [-0.4, -0.2) is 30.1 Å². The number of benzene rings is 1. The normalized spacial score (nSPS) is 11.5. The standard InChI is InChI=1S/C25H24N6O/c1-15(2)31-23-20(14-26-31)19(13-17(4)27-23)25(32)29-24-21(18-10-6-5-7-11-18)28-22-16(3)9-8-12-30(22)24/h5-15H,1-4H3,(H,29,32). The Morgan fingerprint density at radius 2 is 1.78 bits per heavy atom. The number of hydrogen-bond acceptors (Lipinski definition) is 4. The summed E-state index contributed by atoms with van der Waals surface area (Å²) in [5.74, 6) is 0.420. The summed E-state index contributed by atoms with van der Waals surface area (Å²) >= 11 is 0. The van der Waals surface area contributed by atoms with Crippen molar-refractivity contribution in [2.45, 2.75) is 33.7 Å². The third kappa shape index (κ3) is 3.22. The number of rotatable bonds is 4. The van der Waals surface area contributed by atoms with E-state index < -0.39 is 0 Å². The largest absolute Gasteiger partial charge is 0.306 e. The van der Waals surface area contributed by atoms with E-state index in [1.54, 1.807) is 12.3 Å². The lowest BCUT2D eigenvalue weighted by Crippen LogP contribution is -2.15. The van der Waals surface area contributed by atoms with Crippen molar-refractivity contribution in [1.82, 2.24) is 24.1 Å². The van der Waals surface area contributed by atoms with E-state index in [1.165, 1.54) is 0 Å². The highest BCUT2D eigenvalue weighted by Crippen LogP contribution is 2.31. The second-order valence-electron chi connectivity index (χ2n) is 8.25. The van der Waals surface area contributed by atoms with E-state index >= 15 is 0 Å². The van der Waals surface area contributed by atoms with Gasteiger partial charge in [-0.25, -0.2) is 14.6 Å². The zero-order chi connectivity index (χ0) is 22.4. The van der Waals surface area contributed by atoms with Gasteiger partial charge in [0.15, 0.2) is 5.65 Å². The molecular formula is C25H24N6O. The van der Waals surface area contributed by atoms with Crippen LogP contribution in [0.3, 0.4) is 0 Å². The van der Waals surface area contributed by atoms with Crippen molar-refractivity contribution in [3.05, 3.63) is 77.7 Å². The smallest absolute Gasteiger partial charge is 0.257 e. The van der Waals surface area contributed by atoms with Crippen LogP contribution in [0.15, 0.2) is 60.9 Å². The summed E-state index contributed by atoms with van der Waals surface area (Å²) in [4.78, 5) is 23.0. The molecular weight excluding hydrogens is 400 g/mol. The number of hydrogen-bond donors (Lipinski definition) is 1. The van der Waals surface area contributed by atoms with Gasteiger partial charge in [0, 0.05) is 23.5 Å². The molecule has 1 amide bonds. The molecule has 5 rings (SSSR count). The Kier molecular flexibility index (Phi) is 4.74. The summed E-state index contributed by atoms with van der Waals surface area (Å²) in [5.41, 5.74) is 5.53. The molecule has 0 aliphatic rings. The minimum Gasteiger partial charge on any atom is -0.306 e. The zero-order valence-corrected chi connectivity index (χ0v) is 18.5. The van der Waals surface area contributed by atoms with Gasteiger partial charge in [-0.2, -0.15) is 5.10 Å². The van der Waals surface area contributed by atoms with Crippen LogP contribution in [0.2, 0.25) is 0 Å². The number of imidazole rings is 1. The SMILES string of the molecule is Cc1cc(C(=O)Nc2c(-c3ccccc3)nc3c(C)cccn23)c2cnn(C(C)C)c2n1. The third-order valence-electron chi connectivity index (χ3n) is 5.55. The number of aryl methyl sites for hydroxylation is 2. The maximum atomic E-state index is 13.6. The van der Waals surface area contributed by atoms with Gasteiger partial charge in [0.25, 0.3) is 5.91 Å². The number of nitrogens with one attached hydrogen (secondary N) is 1. The first-order valence-electron chi connectivity index (χ1n) is 10.6. The second-order valence-corrected chi connectivity index (χ2v) is 8.25. The molecule has 4 aromatic heterocycles. The first-order valence-corrected chi connectivity index (χ1v) is 10.6. The molecule has 0 aliphatic heterocycles. The minimum absolute atomic E-state index is 0.143. The molecule has 1 N–H and O–H groups in total. The van der Waals surface area contributed by atoms with Crippen LogP contribution in [0.5, 0.6) is 0 Å². The number of aromatic nitrogens is 5. The lowest BCUT2D eigenvalue weighted by atomic mass is 10.1. The van der Waals surface area contributed by atoms with Crippen LogP contribution in [0.4, 0.5) is 5.82 Å². The molecule has 0 aliphatic carbocycles. The van der Waals surface area contributed by atoms with Gasteiger partial charge in [0.05, 0.1) is 17.1 Å². The fourth-order valence-electron chi connectivity index (χ4n) is 4.00. The van der Waals surface area contributed by atoms with Gasteiger partial charge in [-0.1, -0.05) is 36.4 Å². The van der Waals surface area contributed by atoms with Crippen LogP contribution < -0.4 is 5.32 Å². The lowest BCUT2D eigenvalue weighted by molar-refractivity contribution is 0.102. The van der Waals surface area contributed by atoms with Crippen molar-refractivity contribution in [3.63, 3.8) is 0 Å². The Balaban J connectivity index is 1.66. The highest BCUT2D eigenvalue weighted by atomic mass is 16.1. The second kappa shape index (κ2) is 7.60. The van der Waals surface area contributed by atoms with E-state index in [1.807, 2.05) is 85.4 Å². The van der Waals surface area contributed by atoms with Crippen molar-refractivity contribution < 1.29 is 4.79 Å². The molecule has 160 valence electrons. The topological polar surface area (TPSA) is 77.1 Å². The van der Waals surface area contributed by atoms with Crippen molar-refractivity contribution in [1.29, 1.82) is 0 Å². The van der Waals surface area contributed by atoms with Crippen molar-refractivity contribution >= 4 is 28.4 Å². The maximum Gasteiger partial charge on any atom is 0.257 e. The molecule has 0 atom stereocenters. The fourth-order valence-corrected chi connectivity index (χ4v) is 4.00. The number of nitrogens with zero attached hydrogens (tertiary/aromatic N) is 5. The molecule has 5 aromatic rings. The summed E-state index contributed by atoms with van der Waals surface area (Å²) in [5, 5.41) is 8.32. The van der Waals surface area contributed by atoms with E-state index in [-0.39, 0.29) is 11.9 Å². The number of carbonyl (C=O) groups excluding carboxylic acids is 1. The molecule has 0 saturated carbocycles. The molecule has 0 bridgehead atoms. The van der Waals surface area contributed by atoms with E-state index in [9.17, 15) is 4.79 Å². The highest BCUT2D eigenvalue weighted by Gasteiger charge is 2.21. The van der Waals surface area contributed by atoms with E-state index in [0.717, 1.165) is 33.5 Å². The molecule has 0 fully saturated rings. The Labute approximate surface area is 185 Å². The van der Waals surface area contributed by atoms with E-state index in [4.69, 9.17) is 4.98 Å². The third-order valence-corrected chi connectivity index (χ3v) is 5.55. The van der Waals surface area contributed by atoms with Gasteiger partial charge < -0.3 is 5.32 Å². The number of pyridine rings is 2. The molecule has 32 heavy (non-hydrogen) atoms. The maximum absolute atomic E-state index is 13.6. The molecule has 0 saturated heterocycles. The first-order chi connectivity index (χ1) is 15.4. The molecule has 0 unspecified atom stereocenters. The fraction of sp³-hybridized carbons (Fsp3) is 0.200. The zero-order valence-electron chi connectivity index (χ0n) is 18.5. The average molecular weight is 425 g/mol. The monoisotopic (exact) mass is 424 g/mol. The molecule has 1 aromatic carbocycles. The quantitative estimate of drug-likeness (QED) is 0.430. The van der Waals surface area contributed by atoms with Crippen LogP contribution in [0.25, 0.3) is 27.9 Å². The summed E-state index contributed by atoms with van der Waals surface area (Å²) in [6.45, 7) is 7.99. The van der Waals surface area contributed by atoms with Gasteiger partial charge in [-0.05, 0) is 45.4 Å². The van der Waals surface area contributed by atoms with Crippen LogP contribution in [0.1, 0.15) is 41.5 Å². The van der Waals surface area contributed by atoms with Gasteiger partial charge >= 0.3 is 0 Å². The predicted octanol–water partition coefficient (Wildman–Crippen LogP) is 5.20. The van der Waals surface area contributed by atoms with E-state index in [2.05, 4.69) is 15.4 Å². The number of amides is 1. The molecule has 7 heteroatoms. The number of fused-ring (bicyclic) bond motifs is 2. The molecule has 0 spiro atoms. The Morgan fingerprint density at radius 1 is 1.00 bits per heavy atom. The van der Waals surface area contributed by atoms with Gasteiger partial charge in [0.1, 0.15) is 17.2 Å². The minimum atomic E-state index is -0.218. The van der Waals surface area contributed by atoms with Gasteiger partial charge in [-0.3, -0.25) is 9.20 Å². The Hall–Kier alpha value is -4.00. The van der Waals surface area contributed by atoms with E-state index in [0.29, 0.717) is 17.0 Å². The number of carbonyl (C=O) groups is 1. The Morgan fingerprint density at radius 3 is 2.53 bits per heavy atom. The molecule has 7 nitrogen and oxygen atoms in total. The Bertz CT molecular complexity index is 1460. The van der Waals surface area contributed by atoms with Crippen molar-refractivity contribution in [2.75, 3.05) is 5.32 Å². The predicted molar refractivity (Wildman–Crippen MR) is 126 cm³/mol. The summed E-state index contributed by atoms with van der Waals surface area (Å²) in [6.07, 6.45) is 3.63. The first kappa shape index (κ1) is 19.9. The van der Waals surface area contributed by atoms with Gasteiger partial charge in [-0.15, -0.1) is 0 Å². The van der Waals surface area contributed by atoms with Crippen molar-refractivity contribution in [3.8, 4) is 11.3 Å². The highest BCUT2D eigenvalue weighted by molar-refractivity contribution is 6.12. The van der Waals surface area contributed by atoms with Gasteiger partial charge in [0.2, 0.25) is 0 Å². The lowest BCUT2D eigenvalue weighted by Gasteiger charge is -2.11. The van der Waals surface area contributed by atoms with Crippen molar-refractivity contribution in [2.24, 2.45) is 0 Å². The summed E-state index contributed by atoms with van der Waals surface area (Å²) in [7, 11) is 0. The van der Waals surface area contributed by atoms with Crippen LogP contribution in [0, 0.1) is 13.8 Å². The van der Waals surface area contributed by atoms with Crippen LogP contribution >= 0.6 is 0 Å². The average Bonchev–Trinajstić information content (AvgIpc) is 3.36. The summed E-state index contributed by atoms with van der Waals surface area (Å²) in [6, 6.07) is 15.8. The summed E-state index contributed by atoms with van der Waals surface area (Å²) < 4.78 is 3.77. The molecule has 0 radical (unpaired) electrons. The number of anilines is 1. The molecule has 4 heterocycles. The van der Waals surface area contributed by atoms with Crippen LogP contribution in [-0.2, 0) is 0 Å².